The maximum Gasteiger partial charge on any atom is 0.303 e. The van der Waals surface area contributed by atoms with Gasteiger partial charge in [0.05, 0.1) is 0 Å². The molecule has 0 amide bonds. The third-order valence-electron chi connectivity index (χ3n) is 2.21. The van der Waals surface area contributed by atoms with Crippen LogP contribution in [0.15, 0.2) is 0 Å². The lowest BCUT2D eigenvalue weighted by atomic mass is 9.87. The van der Waals surface area contributed by atoms with E-state index in [4.69, 9.17) is 4.74 Å². The topological polar surface area (TPSA) is 43.4 Å². The molecule has 2 atom stereocenters. The largest absolute Gasteiger partial charge is 0.454 e. The molecule has 1 aliphatic rings. The second-order valence-corrected chi connectivity index (χ2v) is 3.37. The molecule has 0 aromatic carbocycles. The smallest absolute Gasteiger partial charge is 0.303 e. The number of carbonyl (C=O) groups excluding carboxylic acids is 2. The number of rotatable bonds is 1. The molecule has 0 spiro atoms. The van der Waals surface area contributed by atoms with Crippen LogP contribution in [0.4, 0.5) is 0 Å². The SMILES string of the molecule is CC(=O)OC1C(=O)CCCC1C. The average Bonchev–Trinajstić information content (AvgIpc) is 1.97. The van der Waals surface area contributed by atoms with Crippen LogP contribution >= 0.6 is 0 Å². The van der Waals surface area contributed by atoms with Crippen LogP contribution < -0.4 is 0 Å². The first kappa shape index (κ1) is 9.23. The molecule has 0 heterocycles. The Morgan fingerprint density at radius 1 is 1.58 bits per heavy atom. The minimum atomic E-state index is -0.476. The van der Waals surface area contributed by atoms with Gasteiger partial charge >= 0.3 is 5.97 Å². The third-order valence-corrected chi connectivity index (χ3v) is 2.21. The monoisotopic (exact) mass is 170 g/mol. The molecule has 0 radical (unpaired) electrons. The third kappa shape index (κ3) is 2.06. The maximum atomic E-state index is 11.3. The normalized spacial score (nSPS) is 30.0. The molecule has 1 rings (SSSR count). The van der Waals surface area contributed by atoms with E-state index in [1.54, 1.807) is 0 Å². The summed E-state index contributed by atoms with van der Waals surface area (Å²) in [5.74, 6) is -0.0961. The molecule has 1 fully saturated rings. The van der Waals surface area contributed by atoms with Gasteiger partial charge in [-0.1, -0.05) is 6.92 Å². The summed E-state index contributed by atoms with van der Waals surface area (Å²) in [6.07, 6.45) is 1.99. The molecule has 68 valence electrons. The van der Waals surface area contributed by atoms with Gasteiger partial charge in [-0.2, -0.15) is 0 Å². The van der Waals surface area contributed by atoms with E-state index in [0.717, 1.165) is 12.8 Å². The standard InChI is InChI=1S/C9H14O3/c1-6-4-3-5-8(11)9(6)12-7(2)10/h6,9H,3-5H2,1-2H3. The predicted molar refractivity (Wildman–Crippen MR) is 43.6 cm³/mol. The van der Waals surface area contributed by atoms with Gasteiger partial charge in [0, 0.05) is 19.3 Å². The Bertz CT molecular complexity index is 198. The molecular formula is C9H14O3. The highest BCUT2D eigenvalue weighted by atomic mass is 16.5. The van der Waals surface area contributed by atoms with E-state index in [2.05, 4.69) is 0 Å². The highest BCUT2D eigenvalue weighted by Gasteiger charge is 2.30. The first-order chi connectivity index (χ1) is 5.61. The van der Waals surface area contributed by atoms with Crippen LogP contribution in [-0.4, -0.2) is 17.9 Å². The number of ketones is 1. The Kier molecular flexibility index (Phi) is 2.84. The van der Waals surface area contributed by atoms with E-state index in [1.807, 2.05) is 6.92 Å². The number of hydrogen-bond donors (Lipinski definition) is 0. The van der Waals surface area contributed by atoms with E-state index < -0.39 is 6.10 Å². The number of esters is 1. The van der Waals surface area contributed by atoms with E-state index in [1.165, 1.54) is 6.92 Å². The average molecular weight is 170 g/mol. The molecule has 2 unspecified atom stereocenters. The van der Waals surface area contributed by atoms with Crippen LogP contribution in [0.1, 0.15) is 33.1 Å². The van der Waals surface area contributed by atoms with Gasteiger partial charge in [-0.05, 0) is 12.8 Å². The van der Waals surface area contributed by atoms with Gasteiger partial charge in [-0.3, -0.25) is 9.59 Å². The Morgan fingerprint density at radius 3 is 2.75 bits per heavy atom. The van der Waals surface area contributed by atoms with Crippen molar-refractivity contribution in [3.63, 3.8) is 0 Å². The summed E-state index contributed by atoms with van der Waals surface area (Å²) < 4.78 is 4.93. The zero-order valence-electron chi connectivity index (χ0n) is 7.50. The quantitative estimate of drug-likeness (QED) is 0.557. The Morgan fingerprint density at radius 2 is 2.25 bits per heavy atom. The van der Waals surface area contributed by atoms with E-state index >= 15 is 0 Å². The molecule has 12 heavy (non-hydrogen) atoms. The van der Waals surface area contributed by atoms with Gasteiger partial charge in [0.1, 0.15) is 0 Å². The van der Waals surface area contributed by atoms with E-state index in [-0.39, 0.29) is 17.7 Å². The highest BCUT2D eigenvalue weighted by molar-refractivity contribution is 5.86. The number of hydrogen-bond acceptors (Lipinski definition) is 3. The molecule has 0 saturated heterocycles. The molecule has 3 heteroatoms. The lowest BCUT2D eigenvalue weighted by Gasteiger charge is -2.26. The van der Waals surface area contributed by atoms with Gasteiger partial charge in [-0.25, -0.2) is 0 Å². The second kappa shape index (κ2) is 3.70. The van der Waals surface area contributed by atoms with Crippen LogP contribution in [-0.2, 0) is 14.3 Å². The van der Waals surface area contributed by atoms with Crippen LogP contribution in [0.2, 0.25) is 0 Å². The van der Waals surface area contributed by atoms with Crippen LogP contribution in [0.3, 0.4) is 0 Å². The maximum absolute atomic E-state index is 11.3. The van der Waals surface area contributed by atoms with Crippen molar-refractivity contribution in [2.45, 2.75) is 39.2 Å². The first-order valence-corrected chi connectivity index (χ1v) is 4.31. The minimum absolute atomic E-state index is 0.0731. The summed E-state index contributed by atoms with van der Waals surface area (Å²) in [4.78, 5) is 21.9. The van der Waals surface area contributed by atoms with Gasteiger partial charge in [0.25, 0.3) is 0 Å². The highest BCUT2D eigenvalue weighted by Crippen LogP contribution is 2.23. The fourth-order valence-corrected chi connectivity index (χ4v) is 1.57. The van der Waals surface area contributed by atoms with Gasteiger partial charge in [0.2, 0.25) is 0 Å². The van der Waals surface area contributed by atoms with Crippen molar-refractivity contribution in [3.05, 3.63) is 0 Å². The lowest BCUT2D eigenvalue weighted by Crippen LogP contribution is -2.35. The van der Waals surface area contributed by atoms with Crippen molar-refractivity contribution in [3.8, 4) is 0 Å². The Balaban J connectivity index is 2.57. The number of ether oxygens (including phenoxy) is 1. The molecule has 0 aliphatic heterocycles. The fraction of sp³-hybridized carbons (Fsp3) is 0.778. The van der Waals surface area contributed by atoms with Gasteiger partial charge < -0.3 is 4.74 Å². The summed E-state index contributed by atoms with van der Waals surface area (Å²) in [6, 6.07) is 0. The minimum Gasteiger partial charge on any atom is -0.454 e. The summed E-state index contributed by atoms with van der Waals surface area (Å²) in [7, 11) is 0. The first-order valence-electron chi connectivity index (χ1n) is 4.31. The fourth-order valence-electron chi connectivity index (χ4n) is 1.57. The summed E-state index contributed by atoms with van der Waals surface area (Å²) in [5, 5.41) is 0. The van der Waals surface area contributed by atoms with Crippen LogP contribution in [0.5, 0.6) is 0 Å². The molecule has 0 aromatic rings. The van der Waals surface area contributed by atoms with Crippen molar-refractivity contribution < 1.29 is 14.3 Å². The molecule has 3 nitrogen and oxygen atoms in total. The van der Waals surface area contributed by atoms with E-state index in [0.29, 0.717) is 6.42 Å². The van der Waals surface area contributed by atoms with Gasteiger partial charge in [0.15, 0.2) is 11.9 Å². The number of Topliss-reactive ketones (excluding diaryl/α,β-unsaturated/α-hetero) is 1. The van der Waals surface area contributed by atoms with Crippen LogP contribution in [0, 0.1) is 5.92 Å². The van der Waals surface area contributed by atoms with Gasteiger partial charge in [-0.15, -0.1) is 0 Å². The summed E-state index contributed by atoms with van der Waals surface area (Å²) in [5.41, 5.74) is 0. The van der Waals surface area contributed by atoms with Crippen molar-refractivity contribution in [1.29, 1.82) is 0 Å². The summed E-state index contributed by atoms with van der Waals surface area (Å²) >= 11 is 0. The Labute approximate surface area is 72.1 Å². The van der Waals surface area contributed by atoms with Crippen molar-refractivity contribution >= 4 is 11.8 Å². The van der Waals surface area contributed by atoms with Crippen molar-refractivity contribution in [1.82, 2.24) is 0 Å². The molecule has 1 saturated carbocycles. The zero-order chi connectivity index (χ0) is 9.14. The van der Waals surface area contributed by atoms with Crippen molar-refractivity contribution in [2.24, 2.45) is 5.92 Å². The lowest BCUT2D eigenvalue weighted by molar-refractivity contribution is -0.157. The Hall–Kier alpha value is -0.860. The van der Waals surface area contributed by atoms with Crippen molar-refractivity contribution in [2.75, 3.05) is 0 Å². The second-order valence-electron chi connectivity index (χ2n) is 3.37. The summed E-state index contributed by atoms with van der Waals surface area (Å²) in [6.45, 7) is 3.29. The zero-order valence-corrected chi connectivity index (χ0v) is 7.50. The molecule has 1 aliphatic carbocycles. The predicted octanol–water partition coefficient (Wildman–Crippen LogP) is 1.31. The number of carbonyl (C=O) groups is 2. The molecule has 0 aromatic heterocycles. The van der Waals surface area contributed by atoms with E-state index in [9.17, 15) is 9.59 Å². The molecule has 0 N–H and O–H groups in total. The van der Waals surface area contributed by atoms with Crippen LogP contribution in [0.25, 0.3) is 0 Å². The molecule has 0 bridgehead atoms. The molecular weight excluding hydrogens is 156 g/mol.